The zero-order valence-electron chi connectivity index (χ0n) is 16.2. The van der Waals surface area contributed by atoms with Crippen LogP contribution < -0.4 is 5.32 Å². The summed E-state index contributed by atoms with van der Waals surface area (Å²) in [6.07, 6.45) is 0. The number of esters is 1. The molecule has 31 heavy (non-hydrogen) atoms. The van der Waals surface area contributed by atoms with Crippen LogP contribution in [-0.2, 0) is 9.53 Å². The van der Waals surface area contributed by atoms with Gasteiger partial charge in [-0.05, 0) is 43.3 Å². The van der Waals surface area contributed by atoms with Crippen molar-refractivity contribution >= 4 is 51.8 Å². The molecule has 0 aliphatic heterocycles. The van der Waals surface area contributed by atoms with E-state index in [1.807, 2.05) is 0 Å². The number of aromatic nitrogens is 2. The van der Waals surface area contributed by atoms with Crippen molar-refractivity contribution in [2.24, 2.45) is 0 Å². The lowest BCUT2D eigenvalue weighted by atomic mass is 10.0. The van der Waals surface area contributed by atoms with E-state index in [1.54, 1.807) is 61.5 Å². The van der Waals surface area contributed by atoms with Crippen LogP contribution in [0.5, 0.6) is 0 Å². The molecule has 0 radical (unpaired) electrons. The number of hydrogen-bond acceptors (Lipinski definition) is 6. The molecule has 7 nitrogen and oxygen atoms in total. The fourth-order valence-corrected chi connectivity index (χ4v) is 3.25. The van der Waals surface area contributed by atoms with Crippen LogP contribution in [0.1, 0.15) is 16.1 Å². The van der Waals surface area contributed by atoms with Gasteiger partial charge >= 0.3 is 5.97 Å². The number of halogens is 2. The van der Waals surface area contributed by atoms with E-state index in [-0.39, 0.29) is 11.4 Å². The number of anilines is 1. The van der Waals surface area contributed by atoms with Gasteiger partial charge in [0.05, 0.1) is 16.8 Å². The number of nitrogens with zero attached hydrogens (tertiary/aromatic N) is 2. The van der Waals surface area contributed by atoms with Crippen LogP contribution in [0.25, 0.3) is 22.2 Å². The van der Waals surface area contributed by atoms with Gasteiger partial charge in [0.15, 0.2) is 12.4 Å². The van der Waals surface area contributed by atoms with Crippen LogP contribution in [0, 0.1) is 6.92 Å². The summed E-state index contributed by atoms with van der Waals surface area (Å²) in [5.74, 6) is -0.445. The second-order valence-corrected chi connectivity index (χ2v) is 7.54. The van der Waals surface area contributed by atoms with Crippen molar-refractivity contribution in [3.8, 4) is 11.3 Å². The number of nitrogens with one attached hydrogen (secondary N) is 1. The lowest BCUT2D eigenvalue weighted by Crippen LogP contribution is -2.21. The monoisotopic (exact) mass is 455 g/mol. The fourth-order valence-electron chi connectivity index (χ4n) is 2.95. The number of benzene rings is 2. The molecular formula is C22H15Cl2N3O4. The van der Waals surface area contributed by atoms with Crippen molar-refractivity contribution in [2.45, 2.75) is 6.92 Å². The van der Waals surface area contributed by atoms with E-state index < -0.39 is 18.5 Å². The Morgan fingerprint density at radius 3 is 2.48 bits per heavy atom. The highest BCUT2D eigenvalue weighted by Crippen LogP contribution is 2.28. The van der Waals surface area contributed by atoms with Crippen LogP contribution in [0.3, 0.4) is 0 Å². The van der Waals surface area contributed by atoms with Crippen LogP contribution in [0.2, 0.25) is 10.0 Å². The molecule has 1 N–H and O–H groups in total. The summed E-state index contributed by atoms with van der Waals surface area (Å²) < 4.78 is 10.1. The number of pyridine rings is 1. The molecule has 2 aromatic heterocycles. The van der Waals surface area contributed by atoms with E-state index in [9.17, 15) is 9.59 Å². The van der Waals surface area contributed by atoms with Crippen molar-refractivity contribution in [3.05, 3.63) is 76.0 Å². The predicted molar refractivity (Wildman–Crippen MR) is 117 cm³/mol. The topological polar surface area (TPSA) is 94.3 Å². The number of fused-ring (bicyclic) bond motifs is 1. The summed E-state index contributed by atoms with van der Waals surface area (Å²) in [6, 6.07) is 15.3. The first-order valence-corrected chi connectivity index (χ1v) is 9.91. The van der Waals surface area contributed by atoms with Gasteiger partial charge in [0.25, 0.3) is 5.91 Å². The summed E-state index contributed by atoms with van der Waals surface area (Å²) in [4.78, 5) is 29.5. The number of amides is 1. The zero-order chi connectivity index (χ0) is 22.0. The highest BCUT2D eigenvalue weighted by Gasteiger charge is 2.17. The van der Waals surface area contributed by atoms with Gasteiger partial charge in [-0.25, -0.2) is 9.78 Å². The van der Waals surface area contributed by atoms with Crippen molar-refractivity contribution < 1.29 is 18.8 Å². The Bertz CT molecular complexity index is 1290. The van der Waals surface area contributed by atoms with E-state index in [2.05, 4.69) is 15.5 Å². The summed E-state index contributed by atoms with van der Waals surface area (Å²) in [7, 11) is 0. The average molecular weight is 456 g/mol. The molecule has 1 amide bonds. The second kappa shape index (κ2) is 8.75. The smallest absolute Gasteiger partial charge is 0.339 e. The van der Waals surface area contributed by atoms with Gasteiger partial charge in [-0.3, -0.25) is 4.79 Å². The maximum absolute atomic E-state index is 12.8. The van der Waals surface area contributed by atoms with Crippen molar-refractivity contribution in [1.82, 2.24) is 10.1 Å². The highest BCUT2D eigenvalue weighted by atomic mass is 35.5. The highest BCUT2D eigenvalue weighted by molar-refractivity contribution is 6.31. The molecular weight excluding hydrogens is 441 g/mol. The summed E-state index contributed by atoms with van der Waals surface area (Å²) in [5, 5.41) is 7.70. The van der Waals surface area contributed by atoms with Crippen molar-refractivity contribution in [2.75, 3.05) is 11.9 Å². The minimum Gasteiger partial charge on any atom is -0.452 e. The minimum atomic E-state index is -0.684. The largest absolute Gasteiger partial charge is 0.452 e. The normalized spacial score (nSPS) is 10.8. The molecule has 0 spiro atoms. The maximum atomic E-state index is 12.8. The van der Waals surface area contributed by atoms with Crippen LogP contribution in [0.4, 0.5) is 5.82 Å². The van der Waals surface area contributed by atoms with Crippen molar-refractivity contribution in [1.29, 1.82) is 0 Å². The van der Waals surface area contributed by atoms with Gasteiger partial charge < -0.3 is 14.6 Å². The van der Waals surface area contributed by atoms with Crippen molar-refractivity contribution in [3.63, 3.8) is 0 Å². The molecule has 4 aromatic rings. The number of carbonyl (C=O) groups excluding carboxylic acids is 2. The third-order valence-electron chi connectivity index (χ3n) is 4.36. The Hall–Kier alpha value is -3.42. The first-order valence-electron chi connectivity index (χ1n) is 9.15. The second-order valence-electron chi connectivity index (χ2n) is 6.67. The molecule has 0 atom stereocenters. The first-order chi connectivity index (χ1) is 14.9. The van der Waals surface area contributed by atoms with Gasteiger partial charge in [0.1, 0.15) is 5.76 Å². The van der Waals surface area contributed by atoms with Gasteiger partial charge in [-0.1, -0.05) is 40.5 Å². The summed E-state index contributed by atoms with van der Waals surface area (Å²) in [5.41, 5.74) is 2.13. The predicted octanol–water partition coefficient (Wildman–Crippen LogP) is 5.30. The van der Waals surface area contributed by atoms with Gasteiger partial charge in [0.2, 0.25) is 0 Å². The maximum Gasteiger partial charge on any atom is 0.339 e. The van der Waals surface area contributed by atoms with E-state index in [1.165, 1.54) is 0 Å². The standard InChI is InChI=1S/C22H15Cl2N3O4/c1-12-8-20(27-31-12)26-21(28)11-30-22(29)17-10-19(13-2-4-14(23)5-3-13)25-18-7-6-15(24)9-16(17)18/h2-10H,11H2,1H3,(H,26,27,28). The summed E-state index contributed by atoms with van der Waals surface area (Å²) in [6.45, 7) is 1.20. The molecule has 0 bridgehead atoms. The molecule has 0 unspecified atom stereocenters. The lowest BCUT2D eigenvalue weighted by Gasteiger charge is -2.10. The molecule has 0 fully saturated rings. The Morgan fingerprint density at radius 2 is 1.77 bits per heavy atom. The summed E-state index contributed by atoms with van der Waals surface area (Å²) >= 11 is 12.1. The molecule has 2 aromatic carbocycles. The molecule has 4 rings (SSSR count). The molecule has 156 valence electrons. The molecule has 0 saturated carbocycles. The van der Waals surface area contributed by atoms with E-state index in [4.69, 9.17) is 32.5 Å². The molecule has 2 heterocycles. The van der Waals surface area contributed by atoms with E-state index >= 15 is 0 Å². The molecule has 9 heteroatoms. The Labute approximate surface area is 186 Å². The lowest BCUT2D eigenvalue weighted by molar-refractivity contribution is -0.119. The average Bonchev–Trinajstić information content (AvgIpc) is 3.16. The minimum absolute atomic E-state index is 0.238. The molecule has 0 aliphatic carbocycles. The number of ether oxygens (including phenoxy) is 1. The first kappa shape index (κ1) is 20.8. The number of aryl methyl sites for hydroxylation is 1. The quantitative estimate of drug-likeness (QED) is 0.410. The number of hydrogen-bond donors (Lipinski definition) is 1. The fraction of sp³-hybridized carbons (Fsp3) is 0.0909. The Kier molecular flexibility index (Phi) is 5.88. The van der Waals surface area contributed by atoms with Gasteiger partial charge in [0, 0.05) is 27.1 Å². The van der Waals surface area contributed by atoms with E-state index in [0.717, 1.165) is 5.56 Å². The van der Waals surface area contributed by atoms with Crippen LogP contribution in [-0.4, -0.2) is 28.6 Å². The van der Waals surface area contributed by atoms with Crippen LogP contribution >= 0.6 is 23.2 Å². The Balaban J connectivity index is 1.61. The van der Waals surface area contributed by atoms with Gasteiger partial charge in [-0.15, -0.1) is 0 Å². The number of rotatable bonds is 5. The zero-order valence-corrected chi connectivity index (χ0v) is 17.7. The SMILES string of the molecule is Cc1cc(NC(=O)COC(=O)c2cc(-c3ccc(Cl)cc3)nc3ccc(Cl)cc23)no1. The Morgan fingerprint density at radius 1 is 1.03 bits per heavy atom. The molecule has 0 saturated heterocycles. The third-order valence-corrected chi connectivity index (χ3v) is 4.85. The van der Waals surface area contributed by atoms with Crippen LogP contribution in [0.15, 0.2) is 59.1 Å². The molecule has 0 aliphatic rings. The number of carbonyl (C=O) groups is 2. The van der Waals surface area contributed by atoms with E-state index in [0.29, 0.717) is 32.4 Å². The third kappa shape index (κ3) is 4.84. The van der Waals surface area contributed by atoms with Gasteiger partial charge in [-0.2, -0.15) is 0 Å².